The van der Waals surface area contributed by atoms with Crippen LogP contribution in [-0.4, -0.2) is 48.1 Å². The quantitative estimate of drug-likeness (QED) is 0.806. The lowest BCUT2D eigenvalue weighted by Crippen LogP contribution is -2.31. The van der Waals surface area contributed by atoms with Crippen LogP contribution in [0.2, 0.25) is 0 Å². The fourth-order valence-corrected chi connectivity index (χ4v) is 2.22. The fourth-order valence-electron chi connectivity index (χ4n) is 2.11. The van der Waals surface area contributed by atoms with E-state index in [2.05, 4.69) is 28.9 Å². The summed E-state index contributed by atoms with van der Waals surface area (Å²) < 4.78 is 0. The topological polar surface area (TPSA) is 45.4 Å². The number of nitrogens with zero attached hydrogens (tertiary/aromatic N) is 3. The van der Waals surface area contributed by atoms with E-state index in [0.29, 0.717) is 16.7 Å². The normalized spacial score (nSPS) is 19.9. The SMILES string of the molecule is CN(C)C1CCN(c2cccc(C(N)=S)n2)C1. The molecule has 0 spiro atoms. The lowest BCUT2D eigenvalue weighted by molar-refractivity contribution is 0.315. The zero-order valence-corrected chi connectivity index (χ0v) is 11.1. The molecule has 2 N–H and O–H groups in total. The van der Waals surface area contributed by atoms with Crippen LogP contribution in [-0.2, 0) is 0 Å². The van der Waals surface area contributed by atoms with Gasteiger partial charge in [0.1, 0.15) is 10.8 Å². The third kappa shape index (κ3) is 2.73. The van der Waals surface area contributed by atoms with Gasteiger partial charge in [-0.1, -0.05) is 18.3 Å². The van der Waals surface area contributed by atoms with E-state index in [9.17, 15) is 0 Å². The molecule has 1 atom stereocenters. The van der Waals surface area contributed by atoms with Crippen molar-refractivity contribution in [3.8, 4) is 0 Å². The predicted molar refractivity (Wildman–Crippen MR) is 74.4 cm³/mol. The van der Waals surface area contributed by atoms with Gasteiger partial charge in [0.25, 0.3) is 0 Å². The highest BCUT2D eigenvalue weighted by Crippen LogP contribution is 2.20. The van der Waals surface area contributed by atoms with Gasteiger partial charge in [-0.15, -0.1) is 0 Å². The van der Waals surface area contributed by atoms with E-state index in [-0.39, 0.29) is 0 Å². The van der Waals surface area contributed by atoms with Gasteiger partial charge in [-0.25, -0.2) is 4.98 Å². The summed E-state index contributed by atoms with van der Waals surface area (Å²) in [5, 5.41) is 0. The van der Waals surface area contributed by atoms with E-state index in [0.717, 1.165) is 18.9 Å². The minimum Gasteiger partial charge on any atom is -0.388 e. The molecule has 17 heavy (non-hydrogen) atoms. The number of anilines is 1. The first-order valence-corrected chi connectivity index (χ1v) is 6.17. The van der Waals surface area contributed by atoms with Crippen molar-refractivity contribution < 1.29 is 0 Å². The van der Waals surface area contributed by atoms with Crippen molar-refractivity contribution in [3.63, 3.8) is 0 Å². The highest BCUT2D eigenvalue weighted by molar-refractivity contribution is 7.80. The number of likely N-dealkylation sites (N-methyl/N-ethyl adjacent to an activating group) is 1. The van der Waals surface area contributed by atoms with Gasteiger partial charge in [0.05, 0.1) is 5.69 Å². The largest absolute Gasteiger partial charge is 0.388 e. The summed E-state index contributed by atoms with van der Waals surface area (Å²) in [7, 11) is 4.24. The van der Waals surface area contributed by atoms with Crippen molar-refractivity contribution >= 4 is 23.0 Å². The maximum absolute atomic E-state index is 5.60. The number of aromatic nitrogens is 1. The molecule has 4 nitrogen and oxygen atoms in total. The second-order valence-electron chi connectivity index (χ2n) is 4.60. The molecule has 0 aromatic carbocycles. The van der Waals surface area contributed by atoms with Crippen molar-refractivity contribution in [1.29, 1.82) is 0 Å². The molecular weight excluding hydrogens is 232 g/mol. The van der Waals surface area contributed by atoms with Gasteiger partial charge >= 0.3 is 0 Å². The Labute approximate surface area is 107 Å². The van der Waals surface area contributed by atoms with E-state index in [1.807, 2.05) is 18.2 Å². The van der Waals surface area contributed by atoms with E-state index in [4.69, 9.17) is 18.0 Å². The predicted octanol–water partition coefficient (Wildman–Crippen LogP) is 0.856. The van der Waals surface area contributed by atoms with Crippen LogP contribution in [0, 0.1) is 0 Å². The number of thiocarbonyl (C=S) groups is 1. The summed E-state index contributed by atoms with van der Waals surface area (Å²) in [5.74, 6) is 0.972. The Balaban J connectivity index is 2.13. The van der Waals surface area contributed by atoms with E-state index in [1.54, 1.807) is 0 Å². The van der Waals surface area contributed by atoms with Crippen LogP contribution >= 0.6 is 12.2 Å². The summed E-state index contributed by atoms with van der Waals surface area (Å²) in [4.78, 5) is 9.39. The number of rotatable bonds is 3. The summed E-state index contributed by atoms with van der Waals surface area (Å²) in [6.07, 6.45) is 1.17. The Morgan fingerprint density at radius 2 is 2.29 bits per heavy atom. The Bertz CT molecular complexity index is 419. The molecule has 92 valence electrons. The molecule has 1 aliphatic heterocycles. The average molecular weight is 250 g/mol. The fraction of sp³-hybridized carbons (Fsp3) is 0.500. The number of hydrogen-bond donors (Lipinski definition) is 1. The van der Waals surface area contributed by atoms with Gasteiger partial charge in [0, 0.05) is 19.1 Å². The maximum atomic E-state index is 5.60. The van der Waals surface area contributed by atoms with Crippen molar-refractivity contribution in [2.75, 3.05) is 32.1 Å². The Morgan fingerprint density at radius 3 is 2.88 bits per heavy atom. The Kier molecular flexibility index (Phi) is 3.59. The van der Waals surface area contributed by atoms with Crippen LogP contribution in [0.3, 0.4) is 0 Å². The molecular formula is C12H18N4S. The molecule has 5 heteroatoms. The molecule has 1 aromatic heterocycles. The zero-order valence-electron chi connectivity index (χ0n) is 10.3. The zero-order chi connectivity index (χ0) is 12.4. The smallest absolute Gasteiger partial charge is 0.129 e. The van der Waals surface area contributed by atoms with Crippen LogP contribution in [0.4, 0.5) is 5.82 Å². The van der Waals surface area contributed by atoms with Gasteiger partial charge in [-0.05, 0) is 32.6 Å². The summed E-state index contributed by atoms with van der Waals surface area (Å²) in [5.41, 5.74) is 6.30. The Hall–Kier alpha value is -1.20. The minimum absolute atomic E-state index is 0.357. The Morgan fingerprint density at radius 1 is 1.53 bits per heavy atom. The van der Waals surface area contributed by atoms with Gasteiger partial charge in [0.2, 0.25) is 0 Å². The molecule has 1 aliphatic rings. The molecule has 1 saturated heterocycles. The molecule has 0 radical (unpaired) electrons. The minimum atomic E-state index is 0.357. The number of hydrogen-bond acceptors (Lipinski definition) is 4. The summed E-state index contributed by atoms with van der Waals surface area (Å²) >= 11 is 4.95. The number of pyridine rings is 1. The van der Waals surface area contributed by atoms with Crippen molar-refractivity contribution in [2.24, 2.45) is 5.73 Å². The lowest BCUT2D eigenvalue weighted by atomic mass is 10.2. The molecule has 0 bridgehead atoms. The average Bonchev–Trinajstić information content (AvgIpc) is 2.78. The summed E-state index contributed by atoms with van der Waals surface area (Å²) in [6.45, 7) is 2.05. The van der Waals surface area contributed by atoms with Crippen LogP contribution in [0.25, 0.3) is 0 Å². The lowest BCUT2D eigenvalue weighted by Gasteiger charge is -2.21. The van der Waals surface area contributed by atoms with Crippen LogP contribution in [0.5, 0.6) is 0 Å². The molecule has 1 unspecified atom stereocenters. The maximum Gasteiger partial charge on any atom is 0.129 e. The first kappa shape index (κ1) is 12.3. The highest BCUT2D eigenvalue weighted by Gasteiger charge is 2.24. The van der Waals surface area contributed by atoms with E-state index in [1.165, 1.54) is 6.42 Å². The molecule has 0 saturated carbocycles. The molecule has 2 rings (SSSR count). The van der Waals surface area contributed by atoms with Gasteiger partial charge in [-0.2, -0.15) is 0 Å². The van der Waals surface area contributed by atoms with Crippen LogP contribution in [0.1, 0.15) is 12.1 Å². The molecule has 0 aliphatic carbocycles. The molecule has 2 heterocycles. The van der Waals surface area contributed by atoms with Crippen LogP contribution < -0.4 is 10.6 Å². The summed E-state index contributed by atoms with van der Waals surface area (Å²) in [6, 6.07) is 6.43. The molecule has 0 amide bonds. The van der Waals surface area contributed by atoms with Gasteiger partial charge in [-0.3, -0.25) is 0 Å². The van der Waals surface area contributed by atoms with Crippen LogP contribution in [0.15, 0.2) is 18.2 Å². The van der Waals surface area contributed by atoms with Crippen molar-refractivity contribution in [3.05, 3.63) is 23.9 Å². The van der Waals surface area contributed by atoms with Crippen molar-refractivity contribution in [2.45, 2.75) is 12.5 Å². The molecule has 1 aromatic rings. The van der Waals surface area contributed by atoms with E-state index < -0.39 is 0 Å². The monoisotopic (exact) mass is 250 g/mol. The third-order valence-electron chi connectivity index (χ3n) is 3.20. The van der Waals surface area contributed by atoms with Crippen molar-refractivity contribution in [1.82, 2.24) is 9.88 Å². The van der Waals surface area contributed by atoms with Gasteiger partial charge < -0.3 is 15.5 Å². The first-order valence-electron chi connectivity index (χ1n) is 5.76. The second-order valence-corrected chi connectivity index (χ2v) is 5.04. The van der Waals surface area contributed by atoms with E-state index >= 15 is 0 Å². The molecule has 1 fully saturated rings. The second kappa shape index (κ2) is 4.98. The highest BCUT2D eigenvalue weighted by atomic mass is 32.1. The first-order chi connectivity index (χ1) is 8.08. The van der Waals surface area contributed by atoms with Gasteiger partial charge in [0.15, 0.2) is 0 Å². The standard InChI is InChI=1S/C12H18N4S/c1-15(2)9-6-7-16(8-9)11-5-3-4-10(14-11)12(13)17/h3-5,9H,6-8H2,1-2H3,(H2,13,17). The number of nitrogens with two attached hydrogens (primary N) is 1. The third-order valence-corrected chi connectivity index (χ3v) is 3.41.